The molecule has 102 valence electrons. The monoisotopic (exact) mass is 260 g/mol. The fourth-order valence-electron chi connectivity index (χ4n) is 3.16. The third-order valence-corrected chi connectivity index (χ3v) is 4.32. The predicted octanol–water partition coefficient (Wildman–Crippen LogP) is 2.89. The van der Waals surface area contributed by atoms with Gasteiger partial charge in [-0.25, -0.2) is 0 Å². The predicted molar refractivity (Wildman–Crippen MR) is 72.6 cm³/mol. The molecule has 1 aromatic carbocycles. The summed E-state index contributed by atoms with van der Waals surface area (Å²) >= 11 is 0. The number of benzene rings is 1. The van der Waals surface area contributed by atoms with Gasteiger partial charge in [-0.3, -0.25) is 4.79 Å². The van der Waals surface area contributed by atoms with Crippen molar-refractivity contribution in [1.82, 2.24) is 0 Å². The van der Waals surface area contributed by atoms with Crippen molar-refractivity contribution in [3.05, 3.63) is 29.3 Å². The average molecular weight is 260 g/mol. The minimum atomic E-state index is -0.677. The Morgan fingerprint density at radius 1 is 1.16 bits per heavy atom. The Labute approximate surface area is 113 Å². The van der Waals surface area contributed by atoms with Crippen LogP contribution in [0.5, 0.6) is 5.75 Å². The normalized spacial score (nSPS) is 21.2. The highest BCUT2D eigenvalue weighted by molar-refractivity contribution is 6.01. The Kier molecular flexibility index (Phi) is 3.31. The Morgan fingerprint density at radius 3 is 2.74 bits per heavy atom. The summed E-state index contributed by atoms with van der Waals surface area (Å²) in [6.07, 6.45) is 6.35. The fraction of sp³-hybridized carbons (Fsp3) is 0.562. The molecule has 0 heterocycles. The molecule has 0 aromatic heterocycles. The average Bonchev–Trinajstić information content (AvgIpc) is 2.80. The summed E-state index contributed by atoms with van der Waals surface area (Å²) < 4.78 is 5.84. The topological polar surface area (TPSA) is 46.5 Å². The maximum absolute atomic E-state index is 11.7. The van der Waals surface area contributed by atoms with Gasteiger partial charge < -0.3 is 9.84 Å². The second kappa shape index (κ2) is 4.97. The van der Waals surface area contributed by atoms with Gasteiger partial charge in [0.2, 0.25) is 0 Å². The van der Waals surface area contributed by atoms with E-state index in [-0.39, 0.29) is 5.78 Å². The molecule has 0 bridgehead atoms. The summed E-state index contributed by atoms with van der Waals surface area (Å²) in [5.74, 6) is 0.985. The summed E-state index contributed by atoms with van der Waals surface area (Å²) in [6, 6.07) is 5.64. The summed E-state index contributed by atoms with van der Waals surface area (Å²) in [6.45, 7) is 0.345. The molecule has 0 atom stereocenters. The van der Waals surface area contributed by atoms with Crippen molar-refractivity contribution in [3.63, 3.8) is 0 Å². The minimum absolute atomic E-state index is 0.205. The van der Waals surface area contributed by atoms with Crippen LogP contribution in [0, 0.1) is 0 Å². The number of ketones is 1. The second-order valence-electron chi connectivity index (χ2n) is 5.78. The van der Waals surface area contributed by atoms with E-state index in [0.717, 1.165) is 49.0 Å². The van der Waals surface area contributed by atoms with Crippen LogP contribution < -0.4 is 4.74 Å². The molecule has 0 spiro atoms. The van der Waals surface area contributed by atoms with Crippen molar-refractivity contribution in [2.45, 2.75) is 50.5 Å². The first kappa shape index (κ1) is 12.7. The molecular weight excluding hydrogens is 240 g/mol. The van der Waals surface area contributed by atoms with Gasteiger partial charge in [0.15, 0.2) is 5.78 Å². The molecule has 0 unspecified atom stereocenters. The summed E-state index contributed by atoms with van der Waals surface area (Å²) in [4.78, 5) is 11.7. The number of hydrogen-bond donors (Lipinski definition) is 1. The summed E-state index contributed by atoms with van der Waals surface area (Å²) in [5, 5.41) is 10.4. The maximum Gasteiger partial charge on any atom is 0.163 e. The smallest absolute Gasteiger partial charge is 0.163 e. The van der Waals surface area contributed by atoms with Gasteiger partial charge in [-0.2, -0.15) is 0 Å². The van der Waals surface area contributed by atoms with Crippen molar-refractivity contribution < 1.29 is 14.6 Å². The van der Waals surface area contributed by atoms with Gasteiger partial charge in [0.05, 0.1) is 5.60 Å². The lowest BCUT2D eigenvalue weighted by Gasteiger charge is -2.31. The van der Waals surface area contributed by atoms with Crippen molar-refractivity contribution in [2.24, 2.45) is 0 Å². The number of carbonyl (C=O) groups excluding carboxylic acids is 1. The fourth-order valence-corrected chi connectivity index (χ4v) is 3.16. The first-order chi connectivity index (χ1) is 9.18. The minimum Gasteiger partial charge on any atom is -0.490 e. The lowest BCUT2D eigenvalue weighted by Crippen LogP contribution is -2.38. The van der Waals surface area contributed by atoms with E-state index in [9.17, 15) is 9.90 Å². The molecule has 1 aromatic rings. The molecule has 1 N–H and O–H groups in total. The molecule has 0 amide bonds. The number of carbonyl (C=O) groups is 1. The molecule has 2 aliphatic carbocycles. The van der Waals surface area contributed by atoms with Crippen molar-refractivity contribution in [2.75, 3.05) is 6.61 Å². The van der Waals surface area contributed by atoms with Crippen LogP contribution in [-0.2, 0) is 6.42 Å². The largest absolute Gasteiger partial charge is 0.490 e. The molecule has 2 aliphatic rings. The van der Waals surface area contributed by atoms with Crippen LogP contribution in [0.15, 0.2) is 18.2 Å². The zero-order valence-corrected chi connectivity index (χ0v) is 11.2. The Hall–Kier alpha value is -1.35. The van der Waals surface area contributed by atoms with Crippen LogP contribution in [-0.4, -0.2) is 23.1 Å². The molecule has 0 aliphatic heterocycles. The number of hydrogen-bond acceptors (Lipinski definition) is 3. The molecule has 1 saturated carbocycles. The van der Waals surface area contributed by atoms with E-state index in [2.05, 4.69) is 0 Å². The van der Waals surface area contributed by atoms with Crippen LogP contribution >= 0.6 is 0 Å². The van der Waals surface area contributed by atoms with Gasteiger partial charge >= 0.3 is 0 Å². The van der Waals surface area contributed by atoms with Gasteiger partial charge in [0, 0.05) is 17.5 Å². The standard InChI is InChI=1S/C16H20O3/c17-14-8-7-13-12(14)5-4-6-15(13)19-11-16(18)9-2-1-3-10-16/h4-6,18H,1-3,7-11H2. The number of Topliss-reactive ketones (excluding diaryl/α,β-unsaturated/α-hetero) is 1. The Bertz CT molecular complexity index is 487. The molecule has 3 rings (SSSR count). The van der Waals surface area contributed by atoms with E-state index in [1.807, 2.05) is 18.2 Å². The molecule has 19 heavy (non-hydrogen) atoms. The van der Waals surface area contributed by atoms with Gasteiger partial charge in [0.25, 0.3) is 0 Å². The van der Waals surface area contributed by atoms with Crippen molar-refractivity contribution in [1.29, 1.82) is 0 Å². The third-order valence-electron chi connectivity index (χ3n) is 4.32. The van der Waals surface area contributed by atoms with Crippen LogP contribution in [0.25, 0.3) is 0 Å². The molecule has 0 radical (unpaired) electrons. The third kappa shape index (κ3) is 2.52. The highest BCUT2D eigenvalue weighted by atomic mass is 16.5. The molecule has 3 nitrogen and oxygen atoms in total. The molecule has 1 fully saturated rings. The number of fused-ring (bicyclic) bond motifs is 1. The zero-order chi connectivity index (χ0) is 13.3. The molecule has 3 heteroatoms. The number of rotatable bonds is 3. The van der Waals surface area contributed by atoms with Crippen LogP contribution in [0.4, 0.5) is 0 Å². The van der Waals surface area contributed by atoms with E-state index in [4.69, 9.17) is 4.74 Å². The van der Waals surface area contributed by atoms with Gasteiger partial charge in [0.1, 0.15) is 12.4 Å². The zero-order valence-electron chi connectivity index (χ0n) is 11.2. The van der Waals surface area contributed by atoms with Crippen molar-refractivity contribution >= 4 is 5.78 Å². The van der Waals surface area contributed by atoms with Gasteiger partial charge in [-0.05, 0) is 25.3 Å². The van der Waals surface area contributed by atoms with E-state index >= 15 is 0 Å². The second-order valence-corrected chi connectivity index (χ2v) is 5.78. The highest BCUT2D eigenvalue weighted by Gasteiger charge is 2.31. The SMILES string of the molecule is O=C1CCc2c(OCC3(O)CCCCC3)cccc21. The first-order valence-corrected chi connectivity index (χ1v) is 7.18. The lowest BCUT2D eigenvalue weighted by atomic mass is 9.85. The van der Waals surface area contributed by atoms with E-state index in [1.54, 1.807) is 0 Å². The van der Waals surface area contributed by atoms with Gasteiger partial charge in [-0.1, -0.05) is 31.4 Å². The van der Waals surface area contributed by atoms with Crippen LogP contribution in [0.3, 0.4) is 0 Å². The van der Waals surface area contributed by atoms with Crippen LogP contribution in [0.1, 0.15) is 54.4 Å². The summed E-state index contributed by atoms with van der Waals surface area (Å²) in [7, 11) is 0. The quantitative estimate of drug-likeness (QED) is 0.909. The Morgan fingerprint density at radius 2 is 1.95 bits per heavy atom. The maximum atomic E-state index is 11.7. The molecule has 0 saturated heterocycles. The number of ether oxygens (including phenoxy) is 1. The first-order valence-electron chi connectivity index (χ1n) is 7.18. The Balaban J connectivity index is 1.72. The van der Waals surface area contributed by atoms with E-state index < -0.39 is 5.60 Å². The van der Waals surface area contributed by atoms with E-state index in [0.29, 0.717) is 13.0 Å². The van der Waals surface area contributed by atoms with Gasteiger partial charge in [-0.15, -0.1) is 0 Å². The van der Waals surface area contributed by atoms with E-state index in [1.165, 1.54) is 6.42 Å². The van der Waals surface area contributed by atoms with Crippen molar-refractivity contribution in [3.8, 4) is 5.75 Å². The highest BCUT2D eigenvalue weighted by Crippen LogP contribution is 2.33. The van der Waals surface area contributed by atoms with Crippen LogP contribution in [0.2, 0.25) is 0 Å². The lowest BCUT2D eigenvalue weighted by molar-refractivity contribution is -0.0340. The number of aliphatic hydroxyl groups is 1. The molecular formula is C16H20O3. The summed E-state index contributed by atoms with van der Waals surface area (Å²) in [5.41, 5.74) is 1.14.